The summed E-state index contributed by atoms with van der Waals surface area (Å²) in [5, 5.41) is 10.2. The van der Waals surface area contributed by atoms with E-state index in [-0.39, 0.29) is 33.7 Å². The number of rotatable bonds is 1. The monoisotopic (exact) mass is 411 g/mol. The van der Waals surface area contributed by atoms with Gasteiger partial charge in [0.1, 0.15) is 11.4 Å². The number of carbonyl (C=O) groups excluding carboxylic acids is 2. The highest BCUT2D eigenvalue weighted by atomic mass is 16.6. The highest BCUT2D eigenvalue weighted by Gasteiger charge is 2.65. The Bertz CT molecular complexity index is 937. The van der Waals surface area contributed by atoms with Gasteiger partial charge in [0.25, 0.3) is 5.91 Å². The first-order valence-corrected chi connectivity index (χ1v) is 11.5. The number of hydrogen-bond acceptors (Lipinski definition) is 4. The Morgan fingerprint density at radius 2 is 1.87 bits per heavy atom. The van der Waals surface area contributed by atoms with Gasteiger partial charge in [-0.1, -0.05) is 6.92 Å². The lowest BCUT2D eigenvalue weighted by Gasteiger charge is -2.56. The van der Waals surface area contributed by atoms with Crippen LogP contribution < -0.4 is 5.73 Å². The zero-order chi connectivity index (χ0) is 21.5. The van der Waals surface area contributed by atoms with Gasteiger partial charge in [-0.25, -0.2) is 0 Å². The predicted molar refractivity (Wildman–Crippen MR) is 113 cm³/mol. The number of phenols is 1. The van der Waals surface area contributed by atoms with E-state index in [0.29, 0.717) is 17.8 Å². The molecule has 30 heavy (non-hydrogen) atoms. The summed E-state index contributed by atoms with van der Waals surface area (Å²) in [6.45, 7) is 6.36. The smallest absolute Gasteiger partial charge is 0.312 e. The lowest BCUT2D eigenvalue weighted by molar-refractivity contribution is -0.206. The van der Waals surface area contributed by atoms with Crippen LogP contribution in [0.25, 0.3) is 0 Å². The first kappa shape index (κ1) is 19.9. The molecule has 1 amide bonds. The van der Waals surface area contributed by atoms with Gasteiger partial charge in [0, 0.05) is 5.41 Å². The van der Waals surface area contributed by atoms with Crippen LogP contribution in [-0.2, 0) is 16.0 Å². The molecular weight excluding hydrogens is 378 g/mol. The maximum Gasteiger partial charge on any atom is 0.312 e. The number of esters is 1. The number of amides is 1. The average Bonchev–Trinajstić information content (AvgIpc) is 2.97. The zero-order valence-corrected chi connectivity index (χ0v) is 18.3. The molecule has 4 aliphatic rings. The van der Waals surface area contributed by atoms with Crippen LogP contribution in [0, 0.1) is 22.7 Å². The predicted octanol–water partition coefficient (Wildman–Crippen LogP) is 4.45. The highest BCUT2D eigenvalue weighted by molar-refractivity contribution is 5.96. The van der Waals surface area contributed by atoms with Crippen LogP contribution in [0.5, 0.6) is 5.75 Å². The molecule has 1 saturated heterocycles. The minimum Gasteiger partial charge on any atom is -0.507 e. The van der Waals surface area contributed by atoms with Crippen molar-refractivity contribution in [3.05, 3.63) is 28.8 Å². The van der Waals surface area contributed by atoms with Gasteiger partial charge in [-0.05, 0) is 106 Å². The third-order valence-electron chi connectivity index (χ3n) is 9.39. The molecule has 5 heteroatoms. The van der Waals surface area contributed by atoms with E-state index in [4.69, 9.17) is 10.5 Å². The standard InChI is InChI=1S/C25H33NO4/c1-23(2)10-11-25(30-22(23)29)9-7-19-16-5-4-14-12-20(27)18(21(26)28)13-17(14)15(16)6-8-24(19,25)3/h12-13,15-16,19,27H,4-11H2,1-3H3,(H2,26,28)/t15-,16+,19-,24-,25+/m0/s1. The minimum absolute atomic E-state index is 0.00287. The summed E-state index contributed by atoms with van der Waals surface area (Å²) in [6.07, 6.45) is 7.97. The van der Waals surface area contributed by atoms with Gasteiger partial charge < -0.3 is 15.6 Å². The molecule has 2 saturated carbocycles. The largest absolute Gasteiger partial charge is 0.507 e. The van der Waals surface area contributed by atoms with E-state index in [1.807, 2.05) is 19.9 Å². The number of hydrogen-bond donors (Lipinski definition) is 2. The van der Waals surface area contributed by atoms with Crippen molar-refractivity contribution in [3.8, 4) is 5.75 Å². The third kappa shape index (κ3) is 2.53. The molecule has 1 spiro atoms. The number of fused-ring (bicyclic) bond motifs is 6. The van der Waals surface area contributed by atoms with Crippen molar-refractivity contribution in [3.63, 3.8) is 0 Å². The molecule has 0 bridgehead atoms. The number of aryl methyl sites for hydroxylation is 1. The number of nitrogens with two attached hydrogens (primary N) is 1. The molecule has 162 valence electrons. The summed E-state index contributed by atoms with van der Waals surface area (Å²) >= 11 is 0. The van der Waals surface area contributed by atoms with Crippen LogP contribution in [0.4, 0.5) is 0 Å². The van der Waals surface area contributed by atoms with Crippen molar-refractivity contribution in [1.82, 2.24) is 0 Å². The fourth-order valence-corrected chi connectivity index (χ4v) is 7.46. The summed E-state index contributed by atoms with van der Waals surface area (Å²) in [5.74, 6) is 0.815. The second-order valence-corrected chi connectivity index (χ2v) is 11.1. The van der Waals surface area contributed by atoms with E-state index in [1.165, 1.54) is 5.56 Å². The topological polar surface area (TPSA) is 89.6 Å². The van der Waals surface area contributed by atoms with Crippen molar-refractivity contribution >= 4 is 11.9 Å². The number of ether oxygens (including phenoxy) is 1. The Morgan fingerprint density at radius 3 is 2.57 bits per heavy atom. The molecule has 1 aromatic carbocycles. The SMILES string of the molecule is CC1(C)CC[C@@]2(CC[C@H]3[C@@H]4CCc5cc(O)c(C(N)=O)cc5[C@H]4CC[C@@]32C)OC1=O. The molecule has 0 radical (unpaired) electrons. The van der Waals surface area contributed by atoms with Gasteiger partial charge in [0.2, 0.25) is 0 Å². The van der Waals surface area contributed by atoms with Crippen molar-refractivity contribution in [2.45, 2.75) is 83.7 Å². The van der Waals surface area contributed by atoms with Crippen molar-refractivity contribution in [2.75, 3.05) is 0 Å². The van der Waals surface area contributed by atoms with Crippen LogP contribution in [0.15, 0.2) is 12.1 Å². The molecular formula is C25H33NO4. The first-order chi connectivity index (χ1) is 14.1. The molecule has 1 heterocycles. The van der Waals surface area contributed by atoms with Crippen LogP contribution in [0.2, 0.25) is 0 Å². The van der Waals surface area contributed by atoms with E-state index in [9.17, 15) is 14.7 Å². The third-order valence-corrected chi connectivity index (χ3v) is 9.39. The first-order valence-electron chi connectivity index (χ1n) is 11.5. The van der Waals surface area contributed by atoms with Gasteiger partial charge >= 0.3 is 5.97 Å². The number of aromatic hydroxyl groups is 1. The normalized spacial score (nSPS) is 39.0. The molecule has 1 aromatic rings. The molecule has 5 rings (SSSR count). The Hall–Kier alpha value is -2.04. The average molecular weight is 412 g/mol. The van der Waals surface area contributed by atoms with Gasteiger partial charge in [-0.3, -0.25) is 9.59 Å². The number of benzene rings is 1. The Labute approximate surface area is 178 Å². The van der Waals surface area contributed by atoms with E-state index in [2.05, 4.69) is 6.92 Å². The molecule has 5 atom stereocenters. The van der Waals surface area contributed by atoms with Crippen LogP contribution in [0.1, 0.15) is 93.1 Å². The lowest BCUT2D eigenvalue weighted by atomic mass is 9.52. The minimum atomic E-state index is -0.574. The summed E-state index contributed by atoms with van der Waals surface area (Å²) in [7, 11) is 0. The van der Waals surface area contributed by atoms with Crippen LogP contribution >= 0.6 is 0 Å². The maximum atomic E-state index is 12.8. The van der Waals surface area contributed by atoms with E-state index in [1.54, 1.807) is 6.07 Å². The molecule has 1 aliphatic heterocycles. The number of primary amides is 1. The van der Waals surface area contributed by atoms with Gasteiger partial charge in [0.05, 0.1) is 11.0 Å². The second kappa shape index (κ2) is 6.24. The molecule has 5 nitrogen and oxygen atoms in total. The van der Waals surface area contributed by atoms with Crippen LogP contribution in [0.3, 0.4) is 0 Å². The highest BCUT2D eigenvalue weighted by Crippen LogP contribution is 2.67. The van der Waals surface area contributed by atoms with E-state index >= 15 is 0 Å². The summed E-state index contributed by atoms with van der Waals surface area (Å²) in [4.78, 5) is 24.6. The van der Waals surface area contributed by atoms with Gasteiger partial charge in [0.15, 0.2) is 0 Å². The molecule has 3 aliphatic carbocycles. The summed E-state index contributed by atoms with van der Waals surface area (Å²) in [6, 6.07) is 3.60. The fourth-order valence-electron chi connectivity index (χ4n) is 7.46. The van der Waals surface area contributed by atoms with E-state index < -0.39 is 5.91 Å². The molecule has 0 unspecified atom stereocenters. The zero-order valence-electron chi connectivity index (χ0n) is 18.3. The molecule has 3 N–H and O–H groups in total. The van der Waals surface area contributed by atoms with Crippen molar-refractivity contribution in [2.24, 2.45) is 28.4 Å². The summed E-state index contributed by atoms with van der Waals surface area (Å²) < 4.78 is 6.30. The summed E-state index contributed by atoms with van der Waals surface area (Å²) in [5.41, 5.74) is 7.40. The van der Waals surface area contributed by atoms with Gasteiger partial charge in [-0.15, -0.1) is 0 Å². The van der Waals surface area contributed by atoms with Gasteiger partial charge in [-0.2, -0.15) is 0 Å². The van der Waals surface area contributed by atoms with Crippen LogP contribution in [-0.4, -0.2) is 22.6 Å². The number of carbonyl (C=O) groups is 2. The Morgan fingerprint density at radius 1 is 1.10 bits per heavy atom. The second-order valence-electron chi connectivity index (χ2n) is 11.1. The van der Waals surface area contributed by atoms with Crippen molar-refractivity contribution < 1.29 is 19.4 Å². The Balaban J connectivity index is 1.48. The quantitative estimate of drug-likeness (QED) is 0.668. The lowest BCUT2D eigenvalue weighted by Crippen LogP contribution is -2.56. The van der Waals surface area contributed by atoms with E-state index in [0.717, 1.165) is 56.9 Å². The fraction of sp³-hybridized carbons (Fsp3) is 0.680. The van der Waals surface area contributed by atoms with Crippen molar-refractivity contribution in [1.29, 1.82) is 0 Å². The molecule has 3 fully saturated rings. The Kier molecular flexibility index (Phi) is 4.14. The maximum absolute atomic E-state index is 12.8. The molecule has 0 aromatic heterocycles.